The summed E-state index contributed by atoms with van der Waals surface area (Å²) in [4.78, 5) is 24.1. The van der Waals surface area contributed by atoms with Gasteiger partial charge in [-0.1, -0.05) is 6.92 Å². The second kappa shape index (κ2) is 5.97. The van der Waals surface area contributed by atoms with Crippen molar-refractivity contribution >= 4 is 11.9 Å². The molecule has 0 aliphatic carbocycles. The number of nitrogens with zero attached hydrogens (tertiary/aromatic N) is 1. The quantitative estimate of drug-likeness (QED) is 0.694. The minimum Gasteiger partial charge on any atom is -0.480 e. The molecule has 6 heteroatoms. The molecule has 1 aliphatic rings. The summed E-state index contributed by atoms with van der Waals surface area (Å²) in [5, 5.41) is 18.4. The number of carbonyl (C=O) groups excluding carboxylic acids is 1. The molecule has 3 atom stereocenters. The summed E-state index contributed by atoms with van der Waals surface area (Å²) in [5.41, 5.74) is 0. The van der Waals surface area contributed by atoms with Gasteiger partial charge in [0.2, 0.25) is 5.91 Å². The largest absolute Gasteiger partial charge is 0.480 e. The van der Waals surface area contributed by atoms with Gasteiger partial charge in [-0.05, 0) is 5.92 Å². The van der Waals surface area contributed by atoms with Crippen molar-refractivity contribution in [2.75, 3.05) is 20.3 Å². The van der Waals surface area contributed by atoms with Crippen LogP contribution < -0.4 is 0 Å². The second-order valence-corrected chi connectivity index (χ2v) is 4.55. The SMILES string of the molecule is COCC(C)CC(=O)N1CC(O)CC1C(=O)O. The normalized spacial score (nSPS) is 25.9. The van der Waals surface area contributed by atoms with Crippen molar-refractivity contribution in [1.29, 1.82) is 0 Å². The molecule has 0 aromatic carbocycles. The molecule has 17 heavy (non-hydrogen) atoms. The van der Waals surface area contributed by atoms with Crippen molar-refractivity contribution in [3.63, 3.8) is 0 Å². The molecular weight excluding hydrogens is 226 g/mol. The van der Waals surface area contributed by atoms with Gasteiger partial charge in [-0.2, -0.15) is 0 Å². The first kappa shape index (κ1) is 13.9. The van der Waals surface area contributed by atoms with E-state index >= 15 is 0 Å². The Kier molecular flexibility index (Phi) is 4.89. The summed E-state index contributed by atoms with van der Waals surface area (Å²) < 4.78 is 4.93. The molecule has 3 unspecified atom stereocenters. The fourth-order valence-corrected chi connectivity index (χ4v) is 2.08. The Morgan fingerprint density at radius 1 is 1.53 bits per heavy atom. The number of aliphatic hydroxyl groups excluding tert-OH is 1. The number of hydrogen-bond donors (Lipinski definition) is 2. The van der Waals surface area contributed by atoms with Gasteiger partial charge in [0.25, 0.3) is 0 Å². The Morgan fingerprint density at radius 3 is 2.71 bits per heavy atom. The highest BCUT2D eigenvalue weighted by Crippen LogP contribution is 2.20. The highest BCUT2D eigenvalue weighted by molar-refractivity contribution is 5.84. The van der Waals surface area contributed by atoms with Gasteiger partial charge < -0.3 is 19.8 Å². The minimum atomic E-state index is -1.06. The molecule has 1 aliphatic heterocycles. The molecule has 98 valence electrons. The van der Waals surface area contributed by atoms with E-state index in [0.29, 0.717) is 6.61 Å². The number of methoxy groups -OCH3 is 1. The van der Waals surface area contributed by atoms with Crippen LogP contribution in [0, 0.1) is 5.92 Å². The van der Waals surface area contributed by atoms with Crippen molar-refractivity contribution < 1.29 is 24.5 Å². The molecule has 0 bridgehead atoms. The highest BCUT2D eigenvalue weighted by atomic mass is 16.5. The zero-order chi connectivity index (χ0) is 13.0. The summed E-state index contributed by atoms with van der Waals surface area (Å²) in [6.45, 7) is 2.43. The second-order valence-electron chi connectivity index (χ2n) is 4.55. The topological polar surface area (TPSA) is 87.1 Å². The monoisotopic (exact) mass is 245 g/mol. The van der Waals surface area contributed by atoms with E-state index in [1.165, 1.54) is 4.90 Å². The molecule has 0 aromatic heterocycles. The molecule has 2 N–H and O–H groups in total. The van der Waals surface area contributed by atoms with Crippen LogP contribution in [0.2, 0.25) is 0 Å². The van der Waals surface area contributed by atoms with Gasteiger partial charge in [-0.3, -0.25) is 4.79 Å². The highest BCUT2D eigenvalue weighted by Gasteiger charge is 2.38. The van der Waals surface area contributed by atoms with E-state index in [2.05, 4.69) is 0 Å². The van der Waals surface area contributed by atoms with Crippen LogP contribution in [0.15, 0.2) is 0 Å². The van der Waals surface area contributed by atoms with E-state index in [4.69, 9.17) is 9.84 Å². The predicted molar refractivity (Wildman–Crippen MR) is 59.4 cm³/mol. The van der Waals surface area contributed by atoms with Gasteiger partial charge in [0.05, 0.1) is 6.10 Å². The molecule has 0 radical (unpaired) electrons. The first-order chi connectivity index (χ1) is 7.95. The smallest absolute Gasteiger partial charge is 0.326 e. The molecule has 1 rings (SSSR count). The van der Waals surface area contributed by atoms with Crippen LogP contribution in [0.4, 0.5) is 0 Å². The van der Waals surface area contributed by atoms with Crippen LogP contribution in [0.1, 0.15) is 19.8 Å². The molecule has 0 saturated carbocycles. The molecule has 0 spiro atoms. The fraction of sp³-hybridized carbons (Fsp3) is 0.818. The predicted octanol–water partition coefficient (Wildman–Crippen LogP) is -0.295. The number of β-amino-alcohol motifs (C(OH)–C–C–N with tert-alkyl or cyclic N) is 1. The molecule has 1 amide bonds. The van der Waals surface area contributed by atoms with Gasteiger partial charge >= 0.3 is 5.97 Å². The zero-order valence-corrected chi connectivity index (χ0v) is 10.1. The molecular formula is C11H19NO5. The van der Waals surface area contributed by atoms with Crippen LogP contribution >= 0.6 is 0 Å². The van der Waals surface area contributed by atoms with Gasteiger partial charge in [-0.25, -0.2) is 4.79 Å². The van der Waals surface area contributed by atoms with Gasteiger partial charge in [0, 0.05) is 33.1 Å². The van der Waals surface area contributed by atoms with Crippen LogP contribution in [-0.4, -0.2) is 59.4 Å². The number of rotatable bonds is 5. The van der Waals surface area contributed by atoms with E-state index in [-0.39, 0.29) is 31.2 Å². The number of carboxylic acid groups (broad SMARTS) is 1. The third-order valence-electron chi connectivity index (χ3n) is 2.86. The first-order valence-electron chi connectivity index (χ1n) is 5.65. The van der Waals surface area contributed by atoms with Gasteiger partial charge in [0.15, 0.2) is 0 Å². The third kappa shape index (κ3) is 3.67. The van der Waals surface area contributed by atoms with Crippen LogP contribution in [0.3, 0.4) is 0 Å². The molecule has 1 saturated heterocycles. The lowest BCUT2D eigenvalue weighted by Gasteiger charge is -2.22. The molecule has 1 fully saturated rings. The maximum atomic E-state index is 11.9. The van der Waals surface area contributed by atoms with Crippen molar-refractivity contribution in [1.82, 2.24) is 4.90 Å². The number of hydrogen-bond acceptors (Lipinski definition) is 4. The number of likely N-dealkylation sites (tertiary alicyclic amines) is 1. The summed E-state index contributed by atoms with van der Waals surface area (Å²) >= 11 is 0. The van der Waals surface area contributed by atoms with E-state index < -0.39 is 18.1 Å². The Bertz CT molecular complexity index is 294. The molecule has 0 aromatic rings. The third-order valence-corrected chi connectivity index (χ3v) is 2.86. The van der Waals surface area contributed by atoms with Crippen LogP contribution in [0.5, 0.6) is 0 Å². The Labute approximate surface area is 100 Å². The number of aliphatic carboxylic acids is 1. The number of ether oxygens (including phenoxy) is 1. The summed E-state index contributed by atoms with van der Waals surface area (Å²) in [6.07, 6.45) is -0.387. The Morgan fingerprint density at radius 2 is 2.18 bits per heavy atom. The lowest BCUT2D eigenvalue weighted by Crippen LogP contribution is -2.41. The van der Waals surface area contributed by atoms with Gasteiger partial charge in [0.1, 0.15) is 6.04 Å². The average Bonchev–Trinajstić information content (AvgIpc) is 2.60. The van der Waals surface area contributed by atoms with Crippen LogP contribution in [-0.2, 0) is 14.3 Å². The maximum absolute atomic E-state index is 11.9. The standard InChI is InChI=1S/C11H19NO5/c1-7(6-17-2)3-10(14)12-5-8(13)4-9(12)11(15)16/h7-9,13H,3-6H2,1-2H3,(H,15,16). The number of aliphatic hydroxyl groups is 1. The average molecular weight is 245 g/mol. The Hall–Kier alpha value is -1.14. The van der Waals surface area contributed by atoms with Crippen LogP contribution in [0.25, 0.3) is 0 Å². The first-order valence-corrected chi connectivity index (χ1v) is 5.65. The van der Waals surface area contributed by atoms with Crippen molar-refractivity contribution in [3.05, 3.63) is 0 Å². The number of amides is 1. The van der Waals surface area contributed by atoms with E-state index in [0.717, 1.165) is 0 Å². The number of carbonyl (C=O) groups is 2. The molecule has 1 heterocycles. The van der Waals surface area contributed by atoms with E-state index in [1.807, 2.05) is 6.92 Å². The van der Waals surface area contributed by atoms with E-state index in [1.54, 1.807) is 7.11 Å². The molecule has 6 nitrogen and oxygen atoms in total. The van der Waals surface area contributed by atoms with Crippen molar-refractivity contribution in [2.24, 2.45) is 5.92 Å². The summed E-state index contributed by atoms with van der Waals surface area (Å²) in [7, 11) is 1.56. The lowest BCUT2D eigenvalue weighted by atomic mass is 10.1. The zero-order valence-electron chi connectivity index (χ0n) is 10.1. The minimum absolute atomic E-state index is 0.0414. The van der Waals surface area contributed by atoms with E-state index in [9.17, 15) is 14.7 Å². The fourth-order valence-electron chi connectivity index (χ4n) is 2.08. The lowest BCUT2D eigenvalue weighted by molar-refractivity contribution is -0.148. The summed E-state index contributed by atoms with van der Waals surface area (Å²) in [5.74, 6) is -1.26. The number of carboxylic acids is 1. The van der Waals surface area contributed by atoms with Gasteiger partial charge in [-0.15, -0.1) is 0 Å². The van der Waals surface area contributed by atoms with Crippen molar-refractivity contribution in [2.45, 2.75) is 31.9 Å². The Balaban J connectivity index is 2.58. The van der Waals surface area contributed by atoms with Crippen molar-refractivity contribution in [3.8, 4) is 0 Å². The maximum Gasteiger partial charge on any atom is 0.326 e. The summed E-state index contributed by atoms with van der Waals surface area (Å²) in [6, 6.07) is -0.896.